The van der Waals surface area contributed by atoms with Gasteiger partial charge in [0.2, 0.25) is 0 Å². The summed E-state index contributed by atoms with van der Waals surface area (Å²) in [7, 11) is 2.11. The third-order valence-electron chi connectivity index (χ3n) is 3.53. The molecular formula is C17H21BrN2. The normalized spacial score (nSPS) is 12.2. The molecule has 0 aliphatic carbocycles. The van der Waals surface area contributed by atoms with E-state index >= 15 is 0 Å². The predicted molar refractivity (Wildman–Crippen MR) is 89.9 cm³/mol. The fraction of sp³-hybridized carbons (Fsp3) is 0.294. The molecule has 2 aromatic carbocycles. The number of hydrogen-bond donors (Lipinski definition) is 1. The summed E-state index contributed by atoms with van der Waals surface area (Å²) in [6, 6.07) is 17.1. The van der Waals surface area contributed by atoms with Gasteiger partial charge >= 0.3 is 0 Å². The van der Waals surface area contributed by atoms with Crippen molar-refractivity contribution in [3.05, 3.63) is 64.1 Å². The van der Waals surface area contributed by atoms with Crippen LogP contribution in [0.25, 0.3) is 0 Å². The minimum Gasteiger partial charge on any atom is -0.370 e. The van der Waals surface area contributed by atoms with Gasteiger partial charge < -0.3 is 10.6 Å². The largest absolute Gasteiger partial charge is 0.370 e. The number of benzene rings is 2. The molecule has 106 valence electrons. The molecule has 0 saturated heterocycles. The van der Waals surface area contributed by atoms with Crippen molar-refractivity contribution in [1.29, 1.82) is 0 Å². The van der Waals surface area contributed by atoms with Gasteiger partial charge in [0.15, 0.2) is 0 Å². The second-order valence-corrected chi connectivity index (χ2v) is 6.00. The van der Waals surface area contributed by atoms with Crippen LogP contribution in [-0.2, 0) is 6.54 Å². The molecule has 2 nitrogen and oxygen atoms in total. The molecule has 0 aliphatic rings. The Balaban J connectivity index is 2.05. The Labute approximate surface area is 129 Å². The zero-order valence-electron chi connectivity index (χ0n) is 12.0. The monoisotopic (exact) mass is 332 g/mol. The molecule has 0 heterocycles. The maximum Gasteiger partial charge on any atom is 0.0426 e. The van der Waals surface area contributed by atoms with Gasteiger partial charge in [-0.1, -0.05) is 47.1 Å². The number of nitrogens with two attached hydrogens (primary N) is 1. The molecule has 1 unspecified atom stereocenters. The van der Waals surface area contributed by atoms with Crippen molar-refractivity contribution in [3.63, 3.8) is 0 Å². The van der Waals surface area contributed by atoms with Gasteiger partial charge in [0, 0.05) is 29.8 Å². The van der Waals surface area contributed by atoms with E-state index < -0.39 is 0 Å². The lowest BCUT2D eigenvalue weighted by molar-refractivity contribution is 0.698. The molecule has 1 atom stereocenters. The number of rotatable bonds is 5. The van der Waals surface area contributed by atoms with Gasteiger partial charge in [-0.15, -0.1) is 0 Å². The van der Waals surface area contributed by atoms with Gasteiger partial charge in [-0.2, -0.15) is 0 Å². The Bertz CT molecular complexity index is 534. The summed E-state index contributed by atoms with van der Waals surface area (Å²) >= 11 is 3.46. The smallest absolute Gasteiger partial charge is 0.0426 e. The molecule has 20 heavy (non-hydrogen) atoms. The van der Waals surface area contributed by atoms with E-state index in [0.29, 0.717) is 0 Å². The third kappa shape index (κ3) is 3.84. The van der Waals surface area contributed by atoms with Gasteiger partial charge in [0.25, 0.3) is 0 Å². The summed E-state index contributed by atoms with van der Waals surface area (Å²) in [5, 5.41) is 0. The predicted octanol–water partition coefficient (Wildman–Crippen LogP) is 4.50. The number of hydrogen-bond acceptors (Lipinski definition) is 2. The van der Waals surface area contributed by atoms with Gasteiger partial charge in [0.1, 0.15) is 0 Å². The highest BCUT2D eigenvalue weighted by molar-refractivity contribution is 9.10. The molecule has 0 amide bonds. The van der Waals surface area contributed by atoms with E-state index in [1.807, 2.05) is 0 Å². The van der Waals surface area contributed by atoms with E-state index in [1.165, 1.54) is 16.8 Å². The molecule has 0 saturated carbocycles. The Morgan fingerprint density at radius 3 is 2.20 bits per heavy atom. The first-order chi connectivity index (χ1) is 9.60. The molecule has 0 spiro atoms. The van der Waals surface area contributed by atoms with Crippen LogP contribution in [0.4, 0.5) is 5.69 Å². The topological polar surface area (TPSA) is 29.3 Å². The van der Waals surface area contributed by atoms with Crippen LogP contribution in [0.15, 0.2) is 53.0 Å². The van der Waals surface area contributed by atoms with Crippen molar-refractivity contribution in [1.82, 2.24) is 0 Å². The number of anilines is 1. The Morgan fingerprint density at radius 2 is 1.65 bits per heavy atom. The van der Waals surface area contributed by atoms with Crippen LogP contribution in [0.5, 0.6) is 0 Å². The van der Waals surface area contributed by atoms with Gasteiger partial charge in [-0.3, -0.25) is 0 Å². The first-order valence-electron chi connectivity index (χ1n) is 6.91. The van der Waals surface area contributed by atoms with Crippen LogP contribution >= 0.6 is 15.9 Å². The van der Waals surface area contributed by atoms with Crippen LogP contribution in [-0.4, -0.2) is 7.05 Å². The fourth-order valence-electron chi connectivity index (χ4n) is 2.17. The fourth-order valence-corrected chi connectivity index (χ4v) is 2.43. The minimum atomic E-state index is 0.140. The highest BCUT2D eigenvalue weighted by atomic mass is 79.9. The van der Waals surface area contributed by atoms with Crippen molar-refractivity contribution in [3.8, 4) is 0 Å². The Hall–Kier alpha value is -1.32. The molecule has 0 aromatic heterocycles. The van der Waals surface area contributed by atoms with Crippen molar-refractivity contribution >= 4 is 21.6 Å². The minimum absolute atomic E-state index is 0.140. The van der Waals surface area contributed by atoms with Crippen LogP contribution in [0, 0.1) is 0 Å². The number of nitrogens with zero attached hydrogens (tertiary/aromatic N) is 1. The van der Waals surface area contributed by atoms with E-state index in [2.05, 4.69) is 83.3 Å². The quantitative estimate of drug-likeness (QED) is 0.873. The second-order valence-electron chi connectivity index (χ2n) is 5.09. The van der Waals surface area contributed by atoms with E-state index in [4.69, 9.17) is 5.73 Å². The van der Waals surface area contributed by atoms with Crippen molar-refractivity contribution in [2.45, 2.75) is 25.9 Å². The molecule has 2 aromatic rings. The van der Waals surface area contributed by atoms with E-state index in [1.54, 1.807) is 0 Å². The summed E-state index contributed by atoms with van der Waals surface area (Å²) in [6.07, 6.45) is 0.966. The molecule has 0 radical (unpaired) electrons. The van der Waals surface area contributed by atoms with Gasteiger partial charge in [-0.05, 0) is 41.8 Å². The first kappa shape index (κ1) is 15.1. The zero-order valence-corrected chi connectivity index (χ0v) is 13.6. The lowest BCUT2D eigenvalue weighted by atomic mass is 10.1. The average molecular weight is 333 g/mol. The summed E-state index contributed by atoms with van der Waals surface area (Å²) in [4.78, 5) is 2.24. The van der Waals surface area contributed by atoms with Crippen molar-refractivity contribution in [2.24, 2.45) is 5.73 Å². The Morgan fingerprint density at radius 1 is 1.05 bits per heavy atom. The summed E-state index contributed by atoms with van der Waals surface area (Å²) in [5.41, 5.74) is 9.75. The van der Waals surface area contributed by atoms with E-state index in [9.17, 15) is 0 Å². The molecule has 0 bridgehead atoms. The summed E-state index contributed by atoms with van der Waals surface area (Å²) in [6.45, 7) is 3.00. The zero-order chi connectivity index (χ0) is 14.5. The van der Waals surface area contributed by atoms with Gasteiger partial charge in [-0.25, -0.2) is 0 Å². The van der Waals surface area contributed by atoms with E-state index in [0.717, 1.165) is 17.4 Å². The lowest BCUT2D eigenvalue weighted by Gasteiger charge is -2.20. The SMILES string of the molecule is CCC(N)c1ccc(N(C)Cc2ccc(Br)cc2)cc1. The maximum absolute atomic E-state index is 6.04. The second kappa shape index (κ2) is 6.91. The number of halogens is 1. The molecule has 0 fully saturated rings. The van der Waals surface area contributed by atoms with Crippen LogP contribution in [0.1, 0.15) is 30.5 Å². The van der Waals surface area contributed by atoms with Crippen LogP contribution in [0.2, 0.25) is 0 Å². The van der Waals surface area contributed by atoms with Crippen molar-refractivity contribution in [2.75, 3.05) is 11.9 Å². The summed E-state index contributed by atoms with van der Waals surface area (Å²) < 4.78 is 1.11. The molecule has 2 rings (SSSR count). The highest BCUT2D eigenvalue weighted by Crippen LogP contribution is 2.20. The first-order valence-corrected chi connectivity index (χ1v) is 7.70. The summed E-state index contributed by atoms with van der Waals surface area (Å²) in [5.74, 6) is 0. The molecule has 2 N–H and O–H groups in total. The molecule has 0 aliphatic heterocycles. The maximum atomic E-state index is 6.04. The molecule has 3 heteroatoms. The lowest BCUT2D eigenvalue weighted by Crippen LogP contribution is -2.16. The van der Waals surface area contributed by atoms with Crippen LogP contribution < -0.4 is 10.6 Å². The van der Waals surface area contributed by atoms with Gasteiger partial charge in [0.05, 0.1) is 0 Å². The average Bonchev–Trinajstić information content (AvgIpc) is 2.49. The highest BCUT2D eigenvalue weighted by Gasteiger charge is 2.05. The standard InChI is InChI=1S/C17H21BrN2/c1-3-17(19)14-6-10-16(11-7-14)20(2)12-13-4-8-15(18)9-5-13/h4-11,17H,3,12,19H2,1-2H3. The Kier molecular flexibility index (Phi) is 5.21. The third-order valence-corrected chi connectivity index (χ3v) is 4.06. The molecular weight excluding hydrogens is 312 g/mol. The van der Waals surface area contributed by atoms with E-state index in [-0.39, 0.29) is 6.04 Å². The van der Waals surface area contributed by atoms with Crippen LogP contribution in [0.3, 0.4) is 0 Å². The van der Waals surface area contributed by atoms with Crippen molar-refractivity contribution < 1.29 is 0 Å².